The molecule has 1 atom stereocenters. The van der Waals surface area contributed by atoms with Crippen LogP contribution >= 0.6 is 27.7 Å². The van der Waals surface area contributed by atoms with Gasteiger partial charge in [-0.25, -0.2) is 0 Å². The van der Waals surface area contributed by atoms with E-state index < -0.39 is 0 Å². The van der Waals surface area contributed by atoms with Gasteiger partial charge in [0.15, 0.2) is 0 Å². The van der Waals surface area contributed by atoms with Crippen LogP contribution in [0.4, 0.5) is 0 Å². The molecule has 1 aromatic rings. The van der Waals surface area contributed by atoms with Crippen molar-refractivity contribution in [2.24, 2.45) is 0 Å². The molecule has 0 aromatic heterocycles. The van der Waals surface area contributed by atoms with Crippen LogP contribution in [0, 0.1) is 0 Å². The van der Waals surface area contributed by atoms with Gasteiger partial charge in [0.2, 0.25) is 0 Å². The third-order valence-electron chi connectivity index (χ3n) is 2.86. The van der Waals surface area contributed by atoms with E-state index in [1.807, 2.05) is 11.8 Å². The number of aliphatic hydroxyl groups is 1. The number of halogens is 1. The molecule has 1 saturated heterocycles. The Hall–Kier alpha value is -0.0300. The molecular weight excluding hydrogens is 286 g/mol. The lowest BCUT2D eigenvalue weighted by Crippen LogP contribution is -2.43. The van der Waals surface area contributed by atoms with Gasteiger partial charge in [-0.3, -0.25) is 4.90 Å². The van der Waals surface area contributed by atoms with Gasteiger partial charge in [0.05, 0.1) is 6.61 Å². The molecule has 0 amide bonds. The largest absolute Gasteiger partial charge is 0.395 e. The number of rotatable bonds is 3. The normalized spacial score (nSPS) is 22.2. The summed E-state index contributed by atoms with van der Waals surface area (Å²) in [5.74, 6) is 2.22. The van der Waals surface area contributed by atoms with Crippen LogP contribution in [0.1, 0.15) is 5.56 Å². The molecule has 1 aromatic carbocycles. The second kappa shape index (κ2) is 6.05. The van der Waals surface area contributed by atoms with Crippen LogP contribution in [0.3, 0.4) is 0 Å². The highest BCUT2D eigenvalue weighted by Gasteiger charge is 2.21. The van der Waals surface area contributed by atoms with Gasteiger partial charge in [-0.2, -0.15) is 11.8 Å². The lowest BCUT2D eigenvalue weighted by molar-refractivity contribution is 0.133. The molecule has 1 fully saturated rings. The van der Waals surface area contributed by atoms with Gasteiger partial charge >= 0.3 is 0 Å². The summed E-state index contributed by atoms with van der Waals surface area (Å²) in [6, 6.07) is 8.74. The molecule has 0 unspecified atom stereocenters. The van der Waals surface area contributed by atoms with Crippen LogP contribution in [0.5, 0.6) is 0 Å². The summed E-state index contributed by atoms with van der Waals surface area (Å²) in [6.45, 7) is 2.29. The van der Waals surface area contributed by atoms with E-state index in [1.54, 1.807) is 0 Å². The molecule has 0 spiro atoms. The molecule has 1 aliphatic heterocycles. The Balaban J connectivity index is 1.99. The quantitative estimate of drug-likeness (QED) is 0.927. The smallest absolute Gasteiger partial charge is 0.0595 e. The molecular formula is C12H16BrNOS. The van der Waals surface area contributed by atoms with Crippen LogP contribution in [0.25, 0.3) is 0 Å². The number of benzene rings is 1. The zero-order chi connectivity index (χ0) is 11.4. The van der Waals surface area contributed by atoms with E-state index in [0.29, 0.717) is 6.04 Å². The van der Waals surface area contributed by atoms with Gasteiger partial charge < -0.3 is 5.11 Å². The van der Waals surface area contributed by atoms with E-state index in [1.165, 1.54) is 11.3 Å². The summed E-state index contributed by atoms with van der Waals surface area (Å²) < 4.78 is 1.11. The van der Waals surface area contributed by atoms with Gasteiger partial charge in [0.25, 0.3) is 0 Å². The maximum atomic E-state index is 9.32. The van der Waals surface area contributed by atoms with Crippen LogP contribution in [-0.2, 0) is 6.54 Å². The minimum absolute atomic E-state index is 0.267. The molecule has 1 heterocycles. The number of nitrogens with zero attached hydrogens (tertiary/aromatic N) is 1. The van der Waals surface area contributed by atoms with Crippen molar-refractivity contribution in [3.8, 4) is 0 Å². The third kappa shape index (κ3) is 3.23. The minimum atomic E-state index is 0.267. The van der Waals surface area contributed by atoms with Gasteiger partial charge in [-0.1, -0.05) is 28.1 Å². The maximum Gasteiger partial charge on any atom is 0.0595 e. The van der Waals surface area contributed by atoms with E-state index in [-0.39, 0.29) is 6.61 Å². The Morgan fingerprint density at radius 1 is 1.38 bits per heavy atom. The van der Waals surface area contributed by atoms with Crippen molar-refractivity contribution in [2.75, 3.05) is 24.7 Å². The molecule has 88 valence electrons. The summed E-state index contributed by atoms with van der Waals surface area (Å²) >= 11 is 5.37. The molecule has 0 radical (unpaired) electrons. The molecule has 1 aliphatic rings. The number of hydrogen-bond acceptors (Lipinski definition) is 3. The number of hydrogen-bond donors (Lipinski definition) is 1. The fourth-order valence-corrected chi connectivity index (χ4v) is 3.27. The highest BCUT2D eigenvalue weighted by atomic mass is 79.9. The minimum Gasteiger partial charge on any atom is -0.395 e. The van der Waals surface area contributed by atoms with Crippen LogP contribution in [-0.4, -0.2) is 40.7 Å². The van der Waals surface area contributed by atoms with Crippen molar-refractivity contribution >= 4 is 27.7 Å². The molecule has 0 aliphatic carbocycles. The standard InChI is InChI=1S/C12H16BrNOS/c13-11-3-1-10(2-4-11)7-14-5-6-16-9-12(14)8-15/h1-4,12,15H,5-9H2/t12-/m1/s1. The zero-order valence-corrected chi connectivity index (χ0v) is 11.5. The topological polar surface area (TPSA) is 23.5 Å². The Bertz CT molecular complexity index is 330. The summed E-state index contributed by atoms with van der Waals surface area (Å²) in [7, 11) is 0. The summed E-state index contributed by atoms with van der Waals surface area (Å²) in [5.41, 5.74) is 1.31. The molecule has 0 saturated carbocycles. The average Bonchev–Trinajstić information content (AvgIpc) is 2.33. The van der Waals surface area contributed by atoms with Crippen LogP contribution in [0.15, 0.2) is 28.7 Å². The average molecular weight is 302 g/mol. The second-order valence-electron chi connectivity index (χ2n) is 4.01. The van der Waals surface area contributed by atoms with Gasteiger partial charge in [0.1, 0.15) is 0 Å². The van der Waals surface area contributed by atoms with Crippen molar-refractivity contribution in [1.29, 1.82) is 0 Å². The fraction of sp³-hybridized carbons (Fsp3) is 0.500. The highest BCUT2D eigenvalue weighted by Crippen LogP contribution is 2.19. The van der Waals surface area contributed by atoms with Crippen molar-refractivity contribution in [3.63, 3.8) is 0 Å². The number of aliphatic hydroxyl groups excluding tert-OH is 1. The number of thioether (sulfide) groups is 1. The summed E-state index contributed by atoms with van der Waals surface area (Å²) in [6.07, 6.45) is 0. The first kappa shape index (κ1) is 12.4. The molecule has 2 nitrogen and oxygen atoms in total. The Morgan fingerprint density at radius 2 is 2.12 bits per heavy atom. The molecule has 1 N–H and O–H groups in total. The van der Waals surface area contributed by atoms with Crippen molar-refractivity contribution in [2.45, 2.75) is 12.6 Å². The SMILES string of the molecule is OC[C@@H]1CSCCN1Cc1ccc(Br)cc1. The fourth-order valence-electron chi connectivity index (χ4n) is 1.89. The molecule has 2 rings (SSSR count). The first-order valence-electron chi connectivity index (χ1n) is 5.46. The highest BCUT2D eigenvalue weighted by molar-refractivity contribution is 9.10. The van der Waals surface area contributed by atoms with E-state index in [0.717, 1.165) is 23.3 Å². The molecule has 4 heteroatoms. The van der Waals surface area contributed by atoms with Crippen LogP contribution in [0.2, 0.25) is 0 Å². The summed E-state index contributed by atoms with van der Waals surface area (Å²) in [5, 5.41) is 9.32. The Morgan fingerprint density at radius 3 is 2.81 bits per heavy atom. The monoisotopic (exact) mass is 301 g/mol. The van der Waals surface area contributed by atoms with Gasteiger partial charge in [-0.05, 0) is 17.7 Å². The van der Waals surface area contributed by atoms with Crippen molar-refractivity contribution in [3.05, 3.63) is 34.3 Å². The van der Waals surface area contributed by atoms with E-state index in [4.69, 9.17) is 0 Å². The predicted molar refractivity (Wildman–Crippen MR) is 72.8 cm³/mol. The Labute approximate surface area is 109 Å². The Kier molecular flexibility index (Phi) is 4.70. The summed E-state index contributed by atoms with van der Waals surface area (Å²) in [4.78, 5) is 2.37. The third-order valence-corrected chi connectivity index (χ3v) is 4.48. The molecule has 16 heavy (non-hydrogen) atoms. The zero-order valence-electron chi connectivity index (χ0n) is 9.10. The van der Waals surface area contributed by atoms with E-state index in [9.17, 15) is 5.11 Å². The lowest BCUT2D eigenvalue weighted by atomic mass is 10.2. The van der Waals surface area contributed by atoms with Crippen molar-refractivity contribution in [1.82, 2.24) is 4.90 Å². The van der Waals surface area contributed by atoms with E-state index in [2.05, 4.69) is 45.1 Å². The van der Waals surface area contributed by atoms with E-state index >= 15 is 0 Å². The maximum absolute atomic E-state index is 9.32. The predicted octanol–water partition coefficient (Wildman–Crippen LogP) is 2.36. The second-order valence-corrected chi connectivity index (χ2v) is 6.07. The van der Waals surface area contributed by atoms with Crippen LogP contribution < -0.4 is 0 Å². The lowest BCUT2D eigenvalue weighted by Gasteiger charge is -2.34. The van der Waals surface area contributed by atoms with Gasteiger partial charge in [0, 0.05) is 35.1 Å². The molecule has 0 bridgehead atoms. The van der Waals surface area contributed by atoms with Gasteiger partial charge in [-0.15, -0.1) is 0 Å². The first-order valence-corrected chi connectivity index (χ1v) is 7.41. The first-order chi connectivity index (χ1) is 7.79. The van der Waals surface area contributed by atoms with Crippen molar-refractivity contribution < 1.29 is 5.11 Å².